The molecule has 0 saturated heterocycles. The second kappa shape index (κ2) is 17.8. The molecule has 276 valence electrons. The summed E-state index contributed by atoms with van der Waals surface area (Å²) in [4.78, 5) is 58.0. The topological polar surface area (TPSA) is 178 Å². The van der Waals surface area contributed by atoms with E-state index >= 15 is 0 Å². The number of nitrogens with one attached hydrogen (secondary N) is 7. The molecule has 0 bridgehead atoms. The number of benzene rings is 2. The summed E-state index contributed by atoms with van der Waals surface area (Å²) in [6.07, 6.45) is 4.34. The number of alkyl carbamates (subject to hydrolysis) is 2. The smallest absolute Gasteiger partial charge is 0.408 e. The van der Waals surface area contributed by atoms with E-state index in [4.69, 9.17) is 9.47 Å². The average molecular weight is 704 g/mol. The predicted octanol–water partition coefficient (Wildman–Crippen LogP) is 4.82. The summed E-state index contributed by atoms with van der Waals surface area (Å²) in [5, 5.41) is 16.7. The summed E-state index contributed by atoms with van der Waals surface area (Å²) in [5.74, 6) is -0.591. The second-order valence-electron chi connectivity index (χ2n) is 14.6. The zero-order chi connectivity index (χ0) is 37.0. The highest BCUT2D eigenvalue weighted by Crippen LogP contribution is 2.21. The molecule has 0 saturated carbocycles. The van der Waals surface area contributed by atoms with Gasteiger partial charge in [-0.05, 0) is 90.7 Å². The molecule has 0 unspecified atom stereocenters. The van der Waals surface area contributed by atoms with Crippen LogP contribution < -0.4 is 26.6 Å². The minimum absolute atomic E-state index is 0.295. The van der Waals surface area contributed by atoms with Gasteiger partial charge in [0.25, 0.3) is 0 Å². The Labute approximate surface area is 299 Å². The van der Waals surface area contributed by atoms with E-state index in [1.807, 2.05) is 60.9 Å². The van der Waals surface area contributed by atoms with Crippen molar-refractivity contribution in [2.75, 3.05) is 26.2 Å². The number of carbonyl (C=O) groups excluding carboxylic acids is 4. The van der Waals surface area contributed by atoms with Crippen LogP contribution in [0.15, 0.2) is 60.9 Å². The molecule has 2 aromatic carbocycles. The van der Waals surface area contributed by atoms with Crippen molar-refractivity contribution in [3.63, 3.8) is 0 Å². The summed E-state index contributed by atoms with van der Waals surface area (Å²) in [5.41, 5.74) is 2.35. The van der Waals surface area contributed by atoms with Crippen molar-refractivity contribution in [3.05, 3.63) is 72.1 Å². The summed E-state index contributed by atoms with van der Waals surface area (Å²) in [6, 6.07) is 14.0. The van der Waals surface area contributed by atoms with E-state index < -0.39 is 35.5 Å². The third kappa shape index (κ3) is 12.7. The lowest BCUT2D eigenvalue weighted by Gasteiger charge is -2.23. The van der Waals surface area contributed by atoms with Crippen molar-refractivity contribution >= 4 is 45.8 Å². The van der Waals surface area contributed by atoms with Crippen LogP contribution in [0, 0.1) is 0 Å². The molecule has 2 atom stereocenters. The van der Waals surface area contributed by atoms with Crippen molar-refractivity contribution in [2.24, 2.45) is 0 Å². The Hall–Kier alpha value is -5.04. The highest BCUT2D eigenvalue weighted by Gasteiger charge is 2.27. The average Bonchev–Trinajstić information content (AvgIpc) is 3.65. The number of rotatable bonds is 16. The molecular formula is C38H53N7O6. The van der Waals surface area contributed by atoms with Gasteiger partial charge in [0, 0.05) is 60.1 Å². The van der Waals surface area contributed by atoms with E-state index in [-0.39, 0.29) is 11.8 Å². The van der Waals surface area contributed by atoms with Crippen LogP contribution in [-0.4, -0.2) is 83.4 Å². The summed E-state index contributed by atoms with van der Waals surface area (Å²) in [7, 11) is 0. The Balaban J connectivity index is 1.20. The highest BCUT2D eigenvalue weighted by molar-refractivity contribution is 5.89. The van der Waals surface area contributed by atoms with Gasteiger partial charge in [-0.2, -0.15) is 0 Å². The van der Waals surface area contributed by atoms with Crippen LogP contribution in [0.5, 0.6) is 0 Å². The van der Waals surface area contributed by atoms with Crippen molar-refractivity contribution in [1.29, 1.82) is 0 Å². The Morgan fingerprint density at radius 3 is 1.39 bits per heavy atom. The Morgan fingerprint density at radius 1 is 0.608 bits per heavy atom. The van der Waals surface area contributed by atoms with Gasteiger partial charge >= 0.3 is 12.2 Å². The molecule has 0 aliphatic carbocycles. The maximum Gasteiger partial charge on any atom is 0.408 e. The molecule has 0 radical (unpaired) electrons. The number of H-pyrrole nitrogens is 2. The summed E-state index contributed by atoms with van der Waals surface area (Å²) >= 11 is 0. The van der Waals surface area contributed by atoms with E-state index in [0.717, 1.165) is 32.9 Å². The molecular weight excluding hydrogens is 650 g/mol. The number of para-hydroxylation sites is 2. The third-order valence-electron chi connectivity index (χ3n) is 7.87. The first-order valence-corrected chi connectivity index (χ1v) is 17.5. The summed E-state index contributed by atoms with van der Waals surface area (Å²) in [6.45, 7) is 12.7. The zero-order valence-corrected chi connectivity index (χ0v) is 30.5. The van der Waals surface area contributed by atoms with Crippen LogP contribution in [-0.2, 0) is 31.9 Å². The number of hydrogen-bond acceptors (Lipinski definition) is 7. The molecule has 2 aromatic heterocycles. The van der Waals surface area contributed by atoms with Crippen molar-refractivity contribution in [3.8, 4) is 0 Å². The fourth-order valence-electron chi connectivity index (χ4n) is 5.58. The number of aromatic nitrogens is 2. The standard InChI is InChI=1S/C38H53N7O6/c1-37(2,3)50-35(48)44-31(21-25-23-42-29-15-9-7-13-27(25)29)33(46)40-19-11-17-39-18-12-20-41-34(47)32(45-36(49)51-38(4,5)6)22-26-24-43-30-16-10-8-14-28(26)30/h7-10,13-16,23-24,31-32,39,42-43H,11-12,17-22H2,1-6H3,(H,40,46)(H,41,47)(H,44,48)(H,45,49)/t31-,32-/m0/s1. The van der Waals surface area contributed by atoms with Gasteiger partial charge in [0.05, 0.1) is 0 Å². The first-order chi connectivity index (χ1) is 24.2. The molecule has 51 heavy (non-hydrogen) atoms. The number of carbonyl (C=O) groups is 4. The monoisotopic (exact) mass is 703 g/mol. The molecule has 13 nitrogen and oxygen atoms in total. The Morgan fingerprint density at radius 2 is 1.00 bits per heavy atom. The van der Waals surface area contributed by atoms with Crippen LogP contribution in [0.1, 0.15) is 65.5 Å². The fourth-order valence-corrected chi connectivity index (χ4v) is 5.58. The van der Waals surface area contributed by atoms with Crippen LogP contribution in [0.4, 0.5) is 9.59 Å². The van der Waals surface area contributed by atoms with E-state index in [1.165, 1.54) is 0 Å². The molecule has 0 aliphatic heterocycles. The minimum atomic E-state index is -0.819. The van der Waals surface area contributed by atoms with Crippen molar-refractivity contribution < 1.29 is 28.7 Å². The van der Waals surface area contributed by atoms with Gasteiger partial charge in [0.1, 0.15) is 23.3 Å². The van der Waals surface area contributed by atoms with Gasteiger partial charge in [-0.3, -0.25) is 9.59 Å². The normalized spacial score (nSPS) is 13.0. The molecule has 0 aliphatic rings. The largest absolute Gasteiger partial charge is 0.444 e. The molecule has 4 rings (SSSR count). The third-order valence-corrected chi connectivity index (χ3v) is 7.87. The van der Waals surface area contributed by atoms with Gasteiger partial charge in [0.15, 0.2) is 0 Å². The minimum Gasteiger partial charge on any atom is -0.444 e. The van der Waals surface area contributed by atoms with Gasteiger partial charge in [-0.1, -0.05) is 36.4 Å². The number of hydrogen-bond donors (Lipinski definition) is 7. The molecule has 0 fully saturated rings. The van der Waals surface area contributed by atoms with Crippen molar-refractivity contribution in [2.45, 2.75) is 90.5 Å². The lowest BCUT2D eigenvalue weighted by molar-refractivity contribution is -0.123. The second-order valence-corrected chi connectivity index (χ2v) is 14.6. The van der Waals surface area contributed by atoms with Gasteiger partial charge in [-0.15, -0.1) is 0 Å². The Bertz CT molecular complexity index is 1640. The van der Waals surface area contributed by atoms with E-state index in [0.29, 0.717) is 51.9 Å². The molecule has 2 heterocycles. The van der Waals surface area contributed by atoms with Gasteiger partial charge in [0.2, 0.25) is 11.8 Å². The van der Waals surface area contributed by atoms with Crippen LogP contribution in [0.3, 0.4) is 0 Å². The Kier molecular flexibility index (Phi) is 13.5. The molecule has 7 N–H and O–H groups in total. The molecule has 13 heteroatoms. The number of fused-ring (bicyclic) bond motifs is 2. The maximum atomic E-state index is 13.2. The van der Waals surface area contributed by atoms with E-state index in [1.54, 1.807) is 41.5 Å². The molecule has 0 spiro atoms. The lowest BCUT2D eigenvalue weighted by atomic mass is 10.0. The zero-order valence-electron chi connectivity index (χ0n) is 30.5. The fraction of sp³-hybridized carbons (Fsp3) is 0.474. The quantitative estimate of drug-likeness (QED) is 0.0818. The first-order valence-electron chi connectivity index (χ1n) is 17.5. The van der Waals surface area contributed by atoms with Gasteiger partial charge < -0.3 is 46.0 Å². The summed E-state index contributed by atoms with van der Waals surface area (Å²) < 4.78 is 10.8. The lowest BCUT2D eigenvalue weighted by Crippen LogP contribution is -2.49. The van der Waals surface area contributed by atoms with E-state index in [9.17, 15) is 19.2 Å². The number of amides is 4. The SMILES string of the molecule is CC(C)(C)OC(=O)N[C@@H](Cc1c[nH]c2ccccc12)C(=O)NCCCNCCCNC(=O)[C@H](Cc1c[nH]c2ccccc12)NC(=O)OC(C)(C)C. The van der Waals surface area contributed by atoms with Crippen molar-refractivity contribution in [1.82, 2.24) is 36.6 Å². The van der Waals surface area contributed by atoms with Crippen LogP contribution >= 0.6 is 0 Å². The molecule has 4 amide bonds. The van der Waals surface area contributed by atoms with E-state index in [2.05, 4.69) is 36.6 Å². The predicted molar refractivity (Wildman–Crippen MR) is 198 cm³/mol. The number of ether oxygens (including phenoxy) is 2. The van der Waals surface area contributed by atoms with Crippen LogP contribution in [0.2, 0.25) is 0 Å². The van der Waals surface area contributed by atoms with Gasteiger partial charge in [-0.25, -0.2) is 9.59 Å². The molecule has 4 aromatic rings. The maximum absolute atomic E-state index is 13.2. The van der Waals surface area contributed by atoms with Crippen LogP contribution in [0.25, 0.3) is 21.8 Å². The number of aromatic amines is 2. The highest BCUT2D eigenvalue weighted by atomic mass is 16.6. The first kappa shape index (κ1) is 38.8.